The van der Waals surface area contributed by atoms with E-state index in [1.165, 1.54) is 7.05 Å². The zero-order valence-electron chi connectivity index (χ0n) is 14.8. The monoisotopic (exact) mass is 389 g/mol. The first-order valence-electron chi connectivity index (χ1n) is 8.39. The number of carbonyl (C=O) groups is 1. The van der Waals surface area contributed by atoms with Gasteiger partial charge in [-0.3, -0.25) is 4.79 Å². The van der Waals surface area contributed by atoms with E-state index >= 15 is 0 Å². The predicted molar refractivity (Wildman–Crippen MR) is 101 cm³/mol. The van der Waals surface area contributed by atoms with Crippen molar-refractivity contribution in [2.45, 2.75) is 24.2 Å². The Kier molecular flexibility index (Phi) is 8.85. The molecule has 0 atom stereocenters. The molecule has 1 aromatic rings. The lowest BCUT2D eigenvalue weighted by Crippen LogP contribution is -2.44. The average molecular weight is 390 g/mol. The molecule has 0 unspecified atom stereocenters. The van der Waals surface area contributed by atoms with Crippen LogP contribution in [-0.4, -0.2) is 63.8 Å². The first-order chi connectivity index (χ1) is 11.4. The molecule has 1 N–H and O–H groups in total. The number of carbonyl (C=O) groups excluding carboxylic acids is 1. The third-order valence-electron chi connectivity index (χ3n) is 4.58. The first kappa shape index (κ1) is 21.9. The molecular weight excluding hydrogens is 362 g/mol. The molecule has 0 saturated carbocycles. The second-order valence-corrected chi connectivity index (χ2v) is 8.34. The highest BCUT2D eigenvalue weighted by Gasteiger charge is 2.27. The number of nitrogens with one attached hydrogen (secondary N) is 1. The zero-order chi connectivity index (χ0) is 17.6. The van der Waals surface area contributed by atoms with Crippen molar-refractivity contribution < 1.29 is 13.2 Å². The summed E-state index contributed by atoms with van der Waals surface area (Å²) >= 11 is 0. The largest absolute Gasteiger partial charge is 0.342 e. The SMILES string of the molecule is CNCCC1CCN(C(=O)CN(C)S(=O)(=O)c2ccccc2)CC1.Cl. The normalized spacial score (nSPS) is 15.9. The summed E-state index contributed by atoms with van der Waals surface area (Å²) in [6.45, 7) is 2.31. The fourth-order valence-corrected chi connectivity index (χ4v) is 4.11. The Morgan fingerprint density at radius 2 is 1.84 bits per heavy atom. The molecule has 0 radical (unpaired) electrons. The third-order valence-corrected chi connectivity index (χ3v) is 6.40. The molecule has 0 bridgehead atoms. The number of likely N-dealkylation sites (N-methyl/N-ethyl adjacent to an activating group) is 1. The maximum absolute atomic E-state index is 12.5. The van der Waals surface area contributed by atoms with Crippen LogP contribution in [0.4, 0.5) is 0 Å². The molecule has 1 heterocycles. The lowest BCUT2D eigenvalue weighted by Gasteiger charge is -2.33. The van der Waals surface area contributed by atoms with Gasteiger partial charge >= 0.3 is 0 Å². The number of nitrogens with zero attached hydrogens (tertiary/aromatic N) is 2. The molecule has 1 amide bonds. The molecule has 0 aromatic heterocycles. The van der Waals surface area contributed by atoms with Gasteiger partial charge in [0.05, 0.1) is 11.4 Å². The van der Waals surface area contributed by atoms with Crippen LogP contribution in [0.15, 0.2) is 35.2 Å². The van der Waals surface area contributed by atoms with Gasteiger partial charge in [0.15, 0.2) is 0 Å². The van der Waals surface area contributed by atoms with Gasteiger partial charge in [0.1, 0.15) is 0 Å². The summed E-state index contributed by atoms with van der Waals surface area (Å²) in [5.74, 6) is 0.524. The van der Waals surface area contributed by atoms with Crippen LogP contribution in [-0.2, 0) is 14.8 Å². The summed E-state index contributed by atoms with van der Waals surface area (Å²) in [5, 5.41) is 3.15. The van der Waals surface area contributed by atoms with E-state index in [1.807, 2.05) is 7.05 Å². The van der Waals surface area contributed by atoms with Gasteiger partial charge < -0.3 is 10.2 Å². The summed E-state index contributed by atoms with van der Waals surface area (Å²) in [7, 11) is -0.214. The molecule has 1 aromatic carbocycles. The van der Waals surface area contributed by atoms with Gasteiger partial charge in [-0.15, -0.1) is 12.4 Å². The van der Waals surface area contributed by atoms with Crippen LogP contribution in [0.2, 0.25) is 0 Å². The van der Waals surface area contributed by atoms with Gasteiger partial charge in [0.25, 0.3) is 0 Å². The Bertz CT molecular complexity index is 632. The van der Waals surface area contributed by atoms with Crippen molar-refractivity contribution in [3.8, 4) is 0 Å². The second-order valence-electron chi connectivity index (χ2n) is 6.29. The van der Waals surface area contributed by atoms with Crippen LogP contribution < -0.4 is 5.32 Å². The maximum Gasteiger partial charge on any atom is 0.243 e. The molecule has 1 fully saturated rings. The van der Waals surface area contributed by atoms with E-state index in [9.17, 15) is 13.2 Å². The van der Waals surface area contributed by atoms with Gasteiger partial charge in [-0.05, 0) is 50.9 Å². The summed E-state index contributed by atoms with van der Waals surface area (Å²) in [6, 6.07) is 8.21. The van der Waals surface area contributed by atoms with Gasteiger partial charge in [-0.1, -0.05) is 18.2 Å². The topological polar surface area (TPSA) is 69.7 Å². The van der Waals surface area contributed by atoms with E-state index in [0.29, 0.717) is 19.0 Å². The number of amides is 1. The smallest absolute Gasteiger partial charge is 0.243 e. The minimum Gasteiger partial charge on any atom is -0.342 e. The Morgan fingerprint density at radius 3 is 2.40 bits per heavy atom. The van der Waals surface area contributed by atoms with Crippen molar-refractivity contribution in [1.82, 2.24) is 14.5 Å². The number of benzene rings is 1. The minimum absolute atomic E-state index is 0. The van der Waals surface area contributed by atoms with E-state index in [1.54, 1.807) is 35.2 Å². The maximum atomic E-state index is 12.5. The molecule has 0 aliphatic carbocycles. The summed E-state index contributed by atoms with van der Waals surface area (Å²) in [5.41, 5.74) is 0. The lowest BCUT2D eigenvalue weighted by atomic mass is 9.93. The fraction of sp³-hybridized carbons (Fsp3) is 0.588. The highest BCUT2D eigenvalue weighted by molar-refractivity contribution is 7.89. The van der Waals surface area contributed by atoms with Gasteiger partial charge in [-0.25, -0.2) is 8.42 Å². The lowest BCUT2D eigenvalue weighted by molar-refractivity contribution is -0.132. The number of hydrogen-bond acceptors (Lipinski definition) is 4. The van der Waals surface area contributed by atoms with E-state index in [0.717, 1.165) is 30.1 Å². The number of hydrogen-bond donors (Lipinski definition) is 1. The molecule has 1 aliphatic rings. The Hall–Kier alpha value is -1.15. The Morgan fingerprint density at radius 1 is 1.24 bits per heavy atom. The van der Waals surface area contributed by atoms with E-state index in [2.05, 4.69) is 5.32 Å². The number of sulfonamides is 1. The van der Waals surface area contributed by atoms with Crippen molar-refractivity contribution in [3.63, 3.8) is 0 Å². The van der Waals surface area contributed by atoms with Crippen LogP contribution in [0.5, 0.6) is 0 Å². The highest BCUT2D eigenvalue weighted by Crippen LogP contribution is 2.20. The number of rotatable bonds is 7. The molecule has 0 spiro atoms. The molecule has 6 nitrogen and oxygen atoms in total. The van der Waals surface area contributed by atoms with Crippen LogP contribution in [0.1, 0.15) is 19.3 Å². The number of halogens is 1. The van der Waals surface area contributed by atoms with Gasteiger partial charge in [0.2, 0.25) is 15.9 Å². The molecule has 8 heteroatoms. The van der Waals surface area contributed by atoms with Gasteiger partial charge in [0, 0.05) is 20.1 Å². The summed E-state index contributed by atoms with van der Waals surface area (Å²) in [4.78, 5) is 14.4. The Labute approximate surface area is 157 Å². The van der Waals surface area contributed by atoms with Crippen LogP contribution in [0, 0.1) is 5.92 Å². The predicted octanol–water partition coefficient (Wildman–Crippen LogP) is 1.58. The summed E-state index contributed by atoms with van der Waals surface area (Å²) in [6.07, 6.45) is 3.10. The molecule has 142 valence electrons. The van der Waals surface area contributed by atoms with Crippen LogP contribution in [0.3, 0.4) is 0 Å². The van der Waals surface area contributed by atoms with E-state index < -0.39 is 10.0 Å². The van der Waals surface area contributed by atoms with E-state index in [-0.39, 0.29) is 29.8 Å². The van der Waals surface area contributed by atoms with Crippen LogP contribution in [0.25, 0.3) is 0 Å². The van der Waals surface area contributed by atoms with Crippen LogP contribution >= 0.6 is 12.4 Å². The van der Waals surface area contributed by atoms with E-state index in [4.69, 9.17) is 0 Å². The van der Waals surface area contributed by atoms with Crippen molar-refractivity contribution in [2.75, 3.05) is 40.3 Å². The third kappa shape index (κ3) is 5.95. The van der Waals surface area contributed by atoms with Crippen molar-refractivity contribution in [3.05, 3.63) is 30.3 Å². The molecule has 1 saturated heterocycles. The number of piperidine rings is 1. The number of likely N-dealkylation sites (tertiary alicyclic amines) is 1. The van der Waals surface area contributed by atoms with Gasteiger partial charge in [-0.2, -0.15) is 4.31 Å². The Balaban J connectivity index is 0.00000312. The minimum atomic E-state index is -3.62. The molecule has 25 heavy (non-hydrogen) atoms. The standard InChI is InChI=1S/C17H27N3O3S.ClH/c1-18-11-8-15-9-12-20(13-10-15)17(21)14-19(2)24(22,23)16-6-4-3-5-7-16;/h3-7,15,18H,8-14H2,1-2H3;1H. The average Bonchev–Trinajstić information content (AvgIpc) is 2.61. The quantitative estimate of drug-likeness (QED) is 0.768. The fourth-order valence-electron chi connectivity index (χ4n) is 2.97. The van der Waals surface area contributed by atoms with Crippen molar-refractivity contribution in [2.24, 2.45) is 5.92 Å². The van der Waals surface area contributed by atoms with Crippen molar-refractivity contribution in [1.29, 1.82) is 0 Å². The molecule has 1 aliphatic heterocycles. The molecule has 2 rings (SSSR count). The highest BCUT2D eigenvalue weighted by atomic mass is 35.5. The zero-order valence-corrected chi connectivity index (χ0v) is 16.5. The van der Waals surface area contributed by atoms with Crippen molar-refractivity contribution >= 4 is 28.3 Å². The molecular formula is C17H28ClN3O3S. The first-order valence-corrected chi connectivity index (χ1v) is 9.83. The second kappa shape index (κ2) is 10.1. The summed E-state index contributed by atoms with van der Waals surface area (Å²) < 4.78 is 26.1.